The summed E-state index contributed by atoms with van der Waals surface area (Å²) in [5, 5.41) is 0. The summed E-state index contributed by atoms with van der Waals surface area (Å²) in [6, 6.07) is 5.80. The molecule has 150 valence electrons. The summed E-state index contributed by atoms with van der Waals surface area (Å²) in [7, 11) is 1.64. The van der Waals surface area contributed by atoms with Gasteiger partial charge in [0.25, 0.3) is 5.91 Å². The molecule has 3 rings (SSSR count). The Morgan fingerprint density at radius 1 is 1.29 bits per heavy atom. The Morgan fingerprint density at radius 2 is 2.07 bits per heavy atom. The van der Waals surface area contributed by atoms with Crippen LogP contribution in [-0.4, -0.2) is 34.9 Å². The number of thioether (sulfide) groups is 1. The number of hydrogen-bond donors (Lipinski definition) is 0. The summed E-state index contributed by atoms with van der Waals surface area (Å²) in [5.74, 6) is 1.47. The number of benzene rings is 1. The zero-order valence-electron chi connectivity index (χ0n) is 16.7. The van der Waals surface area contributed by atoms with Crippen molar-refractivity contribution < 1.29 is 14.3 Å². The minimum atomic E-state index is -0.165. The first-order valence-electron chi connectivity index (χ1n) is 9.85. The molecule has 0 radical (unpaired) electrons. The van der Waals surface area contributed by atoms with Gasteiger partial charge in [0.15, 0.2) is 11.5 Å². The number of hydrogen-bond acceptors (Lipinski definition) is 5. The maximum atomic E-state index is 12.8. The van der Waals surface area contributed by atoms with E-state index in [1.165, 1.54) is 31.0 Å². The van der Waals surface area contributed by atoms with Crippen LogP contribution >= 0.6 is 24.0 Å². The van der Waals surface area contributed by atoms with Crippen molar-refractivity contribution in [2.75, 3.05) is 13.7 Å². The van der Waals surface area contributed by atoms with Crippen LogP contribution in [0.25, 0.3) is 6.08 Å². The monoisotopic (exact) mass is 417 g/mol. The minimum Gasteiger partial charge on any atom is -0.493 e. The third-order valence-electron chi connectivity index (χ3n) is 4.97. The number of amides is 1. The van der Waals surface area contributed by atoms with Gasteiger partial charge in [-0.2, -0.15) is 0 Å². The van der Waals surface area contributed by atoms with Crippen molar-refractivity contribution in [1.29, 1.82) is 0 Å². The lowest BCUT2D eigenvalue weighted by molar-refractivity contribution is -0.122. The van der Waals surface area contributed by atoms with E-state index in [1.807, 2.05) is 31.2 Å². The highest BCUT2D eigenvalue weighted by Crippen LogP contribution is 2.39. The van der Waals surface area contributed by atoms with Gasteiger partial charge in [-0.05, 0) is 37.1 Å². The van der Waals surface area contributed by atoms with E-state index in [0.29, 0.717) is 21.5 Å². The predicted molar refractivity (Wildman–Crippen MR) is 120 cm³/mol. The quantitative estimate of drug-likeness (QED) is 0.314. The van der Waals surface area contributed by atoms with Crippen molar-refractivity contribution in [3.05, 3.63) is 40.3 Å². The van der Waals surface area contributed by atoms with Crippen LogP contribution in [0.15, 0.2) is 34.8 Å². The van der Waals surface area contributed by atoms with E-state index in [0.717, 1.165) is 29.7 Å². The average molecular weight is 418 g/mol. The van der Waals surface area contributed by atoms with Crippen LogP contribution in [0.5, 0.6) is 11.5 Å². The molecular formula is C22H27NO3S2. The van der Waals surface area contributed by atoms with Crippen molar-refractivity contribution >= 4 is 40.3 Å². The van der Waals surface area contributed by atoms with Crippen LogP contribution in [0.3, 0.4) is 0 Å². The normalized spacial score (nSPS) is 20.2. The molecule has 1 atom stereocenters. The molecule has 1 unspecified atom stereocenters. The summed E-state index contributed by atoms with van der Waals surface area (Å²) in [5.41, 5.74) is 1.92. The summed E-state index contributed by atoms with van der Waals surface area (Å²) in [6.45, 7) is 4.88. The molecule has 1 aromatic rings. The summed E-state index contributed by atoms with van der Waals surface area (Å²) >= 11 is 6.83. The maximum absolute atomic E-state index is 12.8. The summed E-state index contributed by atoms with van der Waals surface area (Å²) in [4.78, 5) is 15.2. The summed E-state index contributed by atoms with van der Waals surface area (Å²) in [6.07, 6.45) is 9.62. The first kappa shape index (κ1) is 20.9. The fourth-order valence-corrected chi connectivity index (χ4v) is 4.66. The van der Waals surface area contributed by atoms with Gasteiger partial charge in [0.1, 0.15) is 10.4 Å². The fraction of sp³-hybridized carbons (Fsp3) is 0.455. The first-order valence-corrected chi connectivity index (χ1v) is 11.1. The van der Waals surface area contributed by atoms with Crippen LogP contribution < -0.4 is 9.47 Å². The molecule has 4 nitrogen and oxygen atoms in total. The third kappa shape index (κ3) is 4.61. The lowest BCUT2D eigenvalue weighted by atomic mass is 10.0. The lowest BCUT2D eigenvalue weighted by Gasteiger charge is -2.24. The van der Waals surface area contributed by atoms with E-state index in [4.69, 9.17) is 21.7 Å². The number of para-hydroxylation sites is 1. The van der Waals surface area contributed by atoms with Gasteiger partial charge in [-0.3, -0.25) is 9.69 Å². The Kier molecular flexibility index (Phi) is 7.18. The highest BCUT2D eigenvalue weighted by molar-refractivity contribution is 8.26. The van der Waals surface area contributed by atoms with Crippen molar-refractivity contribution in [1.82, 2.24) is 4.90 Å². The Labute approximate surface area is 177 Å². The molecule has 6 heteroatoms. The number of ether oxygens (including phenoxy) is 2. The standard InChI is InChI=1S/C22H27NO3S2/c1-4-5-6-7-8-12-23-21(24)19(28-22(23)27)14-17-13-16-10-9-11-18(25-3)20(16)26-15(17)2/h9-11,13-15H,4-8,12H2,1-3H3. The number of thiocarbonyl (C=S) groups is 1. The smallest absolute Gasteiger partial charge is 0.266 e. The number of rotatable bonds is 8. The molecule has 28 heavy (non-hydrogen) atoms. The largest absolute Gasteiger partial charge is 0.493 e. The van der Waals surface area contributed by atoms with E-state index >= 15 is 0 Å². The molecule has 0 N–H and O–H groups in total. The number of nitrogens with zero attached hydrogens (tertiary/aromatic N) is 1. The van der Waals surface area contributed by atoms with Crippen molar-refractivity contribution in [2.24, 2.45) is 0 Å². The molecule has 2 aliphatic heterocycles. The number of carbonyl (C=O) groups excluding carboxylic acids is 1. The molecule has 1 fully saturated rings. The van der Waals surface area contributed by atoms with Gasteiger partial charge in [-0.15, -0.1) is 0 Å². The average Bonchev–Trinajstić information content (AvgIpc) is 2.95. The van der Waals surface area contributed by atoms with E-state index in [9.17, 15) is 4.79 Å². The van der Waals surface area contributed by atoms with Crippen LogP contribution in [0.1, 0.15) is 51.5 Å². The van der Waals surface area contributed by atoms with Gasteiger partial charge < -0.3 is 9.47 Å². The highest BCUT2D eigenvalue weighted by atomic mass is 32.2. The lowest BCUT2D eigenvalue weighted by Crippen LogP contribution is -2.29. The molecule has 1 amide bonds. The van der Waals surface area contributed by atoms with Gasteiger partial charge in [-0.25, -0.2) is 0 Å². The molecule has 2 heterocycles. The minimum absolute atomic E-state index is 0.00929. The van der Waals surface area contributed by atoms with Crippen LogP contribution in [0, 0.1) is 0 Å². The van der Waals surface area contributed by atoms with Crippen LogP contribution in [0.2, 0.25) is 0 Å². The highest BCUT2D eigenvalue weighted by Gasteiger charge is 2.32. The Bertz CT molecular complexity index is 816. The number of fused-ring (bicyclic) bond motifs is 1. The second-order valence-electron chi connectivity index (χ2n) is 7.03. The second kappa shape index (κ2) is 9.61. The second-order valence-corrected chi connectivity index (χ2v) is 8.71. The summed E-state index contributed by atoms with van der Waals surface area (Å²) < 4.78 is 12.1. The van der Waals surface area contributed by atoms with Gasteiger partial charge in [-0.1, -0.05) is 68.7 Å². The fourth-order valence-electron chi connectivity index (χ4n) is 3.35. The number of methoxy groups -OCH3 is 1. The Morgan fingerprint density at radius 3 is 2.82 bits per heavy atom. The van der Waals surface area contributed by atoms with Crippen LogP contribution in [0.4, 0.5) is 0 Å². The van der Waals surface area contributed by atoms with E-state index in [1.54, 1.807) is 12.0 Å². The molecule has 0 saturated carbocycles. The molecule has 0 aromatic heterocycles. The zero-order chi connectivity index (χ0) is 20.1. The SMILES string of the molecule is CCCCCCCN1C(=O)C(=CC2=Cc3cccc(OC)c3OC2C)SC1=S. The van der Waals surface area contributed by atoms with Gasteiger partial charge in [0.05, 0.1) is 12.0 Å². The third-order valence-corrected chi connectivity index (χ3v) is 6.35. The molecule has 0 bridgehead atoms. The number of carbonyl (C=O) groups is 1. The van der Waals surface area contributed by atoms with E-state index < -0.39 is 0 Å². The van der Waals surface area contributed by atoms with Gasteiger partial charge in [0, 0.05) is 12.1 Å². The van der Waals surface area contributed by atoms with E-state index in [2.05, 4.69) is 13.0 Å². The molecule has 2 aliphatic rings. The molecule has 0 spiro atoms. The predicted octanol–water partition coefficient (Wildman–Crippen LogP) is 5.57. The Hall–Kier alpha value is -1.79. The van der Waals surface area contributed by atoms with Crippen LogP contribution in [-0.2, 0) is 4.79 Å². The van der Waals surface area contributed by atoms with Crippen molar-refractivity contribution in [3.63, 3.8) is 0 Å². The van der Waals surface area contributed by atoms with E-state index in [-0.39, 0.29) is 12.0 Å². The topological polar surface area (TPSA) is 38.8 Å². The zero-order valence-corrected chi connectivity index (χ0v) is 18.3. The first-order chi connectivity index (χ1) is 13.5. The molecule has 1 saturated heterocycles. The molecular weight excluding hydrogens is 390 g/mol. The van der Waals surface area contributed by atoms with Gasteiger partial charge in [0.2, 0.25) is 0 Å². The van der Waals surface area contributed by atoms with Crippen molar-refractivity contribution in [2.45, 2.75) is 52.1 Å². The molecule has 1 aromatic carbocycles. The number of unbranched alkanes of at least 4 members (excludes halogenated alkanes) is 4. The maximum Gasteiger partial charge on any atom is 0.266 e. The Balaban J connectivity index is 1.73. The molecule has 0 aliphatic carbocycles. The van der Waals surface area contributed by atoms with Gasteiger partial charge >= 0.3 is 0 Å². The van der Waals surface area contributed by atoms with Crippen molar-refractivity contribution in [3.8, 4) is 11.5 Å².